The number of hydrogen-bond acceptors (Lipinski definition) is 3. The van der Waals surface area contributed by atoms with Crippen LogP contribution in [0.3, 0.4) is 0 Å². The molecule has 0 spiro atoms. The van der Waals surface area contributed by atoms with Crippen molar-refractivity contribution in [3.63, 3.8) is 0 Å². The average molecular weight is 282 g/mol. The lowest BCUT2D eigenvalue weighted by Gasteiger charge is -2.12. The van der Waals surface area contributed by atoms with Gasteiger partial charge < -0.3 is 9.84 Å². The molecular weight excluding hydrogens is 260 g/mol. The molecule has 0 aromatic heterocycles. The van der Waals surface area contributed by atoms with E-state index in [0.717, 1.165) is 11.5 Å². The summed E-state index contributed by atoms with van der Waals surface area (Å²) in [4.78, 5) is 10.9. The molecule has 1 aromatic rings. The van der Waals surface area contributed by atoms with Crippen molar-refractivity contribution in [2.75, 3.05) is 12.4 Å². The minimum absolute atomic E-state index is 0.443. The van der Waals surface area contributed by atoms with E-state index >= 15 is 0 Å². The molecule has 0 saturated heterocycles. The zero-order valence-corrected chi connectivity index (χ0v) is 12.6. The van der Waals surface area contributed by atoms with E-state index in [0.29, 0.717) is 13.0 Å². The number of thioether (sulfide) groups is 1. The number of aliphatic carboxylic acids is 1. The van der Waals surface area contributed by atoms with Crippen LogP contribution < -0.4 is 0 Å². The first-order chi connectivity index (χ1) is 9.02. The van der Waals surface area contributed by atoms with E-state index in [-0.39, 0.29) is 0 Å². The van der Waals surface area contributed by atoms with Gasteiger partial charge in [0.25, 0.3) is 0 Å². The van der Waals surface area contributed by atoms with Gasteiger partial charge in [-0.05, 0) is 38.5 Å². The Morgan fingerprint density at radius 3 is 2.47 bits per heavy atom. The standard InChI is InChI=1S/C15H22O3S/c1-4-18-14(15(16)17)5-6-19-10-13-8-11(2)7-12(3)9-13/h7-9,14H,4-6,10H2,1-3H3,(H,16,17). The van der Waals surface area contributed by atoms with Crippen molar-refractivity contribution >= 4 is 17.7 Å². The topological polar surface area (TPSA) is 46.5 Å². The molecule has 4 heteroatoms. The Morgan fingerprint density at radius 2 is 1.95 bits per heavy atom. The lowest BCUT2D eigenvalue weighted by Crippen LogP contribution is -2.24. The van der Waals surface area contributed by atoms with Crippen LogP contribution in [0, 0.1) is 13.8 Å². The normalized spacial score (nSPS) is 12.4. The van der Waals surface area contributed by atoms with Crippen LogP contribution >= 0.6 is 11.8 Å². The summed E-state index contributed by atoms with van der Waals surface area (Å²) in [7, 11) is 0. The molecule has 1 unspecified atom stereocenters. The summed E-state index contributed by atoms with van der Waals surface area (Å²) >= 11 is 1.75. The monoisotopic (exact) mass is 282 g/mol. The summed E-state index contributed by atoms with van der Waals surface area (Å²) in [6.07, 6.45) is -0.115. The molecule has 0 fully saturated rings. The van der Waals surface area contributed by atoms with Gasteiger partial charge in [-0.15, -0.1) is 0 Å². The minimum Gasteiger partial charge on any atom is -0.479 e. The van der Waals surface area contributed by atoms with Crippen molar-refractivity contribution in [3.05, 3.63) is 34.9 Å². The lowest BCUT2D eigenvalue weighted by atomic mass is 10.1. The molecule has 1 N–H and O–H groups in total. The molecule has 106 valence electrons. The highest BCUT2D eigenvalue weighted by Crippen LogP contribution is 2.17. The Bertz CT molecular complexity index is 398. The summed E-state index contributed by atoms with van der Waals surface area (Å²) in [5.74, 6) is 0.846. The first kappa shape index (κ1) is 16.1. The van der Waals surface area contributed by atoms with Crippen LogP contribution in [-0.2, 0) is 15.3 Å². The lowest BCUT2D eigenvalue weighted by molar-refractivity contribution is -0.150. The van der Waals surface area contributed by atoms with Gasteiger partial charge in [-0.3, -0.25) is 0 Å². The fraction of sp³-hybridized carbons (Fsp3) is 0.533. The van der Waals surface area contributed by atoms with E-state index in [4.69, 9.17) is 9.84 Å². The van der Waals surface area contributed by atoms with Crippen LogP contribution in [0.1, 0.15) is 30.0 Å². The van der Waals surface area contributed by atoms with Crippen molar-refractivity contribution in [3.8, 4) is 0 Å². The van der Waals surface area contributed by atoms with Crippen LogP contribution in [0.15, 0.2) is 18.2 Å². The summed E-state index contributed by atoms with van der Waals surface area (Å²) < 4.78 is 5.18. The van der Waals surface area contributed by atoms with Crippen molar-refractivity contribution in [2.24, 2.45) is 0 Å². The van der Waals surface area contributed by atoms with Crippen LogP contribution in [-0.4, -0.2) is 29.5 Å². The van der Waals surface area contributed by atoms with Crippen molar-refractivity contribution in [2.45, 2.75) is 39.0 Å². The Kier molecular flexibility index (Phi) is 6.95. The third-order valence-electron chi connectivity index (χ3n) is 2.72. The van der Waals surface area contributed by atoms with Gasteiger partial charge in [0, 0.05) is 12.4 Å². The molecular formula is C15H22O3S. The Hall–Kier alpha value is -1.00. The number of hydrogen-bond donors (Lipinski definition) is 1. The van der Waals surface area contributed by atoms with E-state index < -0.39 is 12.1 Å². The quantitative estimate of drug-likeness (QED) is 0.742. The van der Waals surface area contributed by atoms with Crippen molar-refractivity contribution < 1.29 is 14.6 Å². The molecule has 0 aliphatic carbocycles. The van der Waals surface area contributed by atoms with Gasteiger partial charge in [0.2, 0.25) is 0 Å². The predicted octanol–water partition coefficient (Wildman–Crippen LogP) is 3.42. The number of aryl methyl sites for hydroxylation is 2. The van der Waals surface area contributed by atoms with Gasteiger partial charge in [-0.1, -0.05) is 29.3 Å². The van der Waals surface area contributed by atoms with Gasteiger partial charge in [-0.2, -0.15) is 11.8 Å². The minimum atomic E-state index is -0.867. The van der Waals surface area contributed by atoms with Crippen LogP contribution in [0.4, 0.5) is 0 Å². The Morgan fingerprint density at radius 1 is 1.32 bits per heavy atom. The molecule has 0 saturated carbocycles. The second-order valence-corrected chi connectivity index (χ2v) is 5.72. The molecule has 0 radical (unpaired) electrons. The second-order valence-electron chi connectivity index (χ2n) is 4.62. The van der Waals surface area contributed by atoms with Crippen molar-refractivity contribution in [1.29, 1.82) is 0 Å². The highest BCUT2D eigenvalue weighted by Gasteiger charge is 2.16. The van der Waals surface area contributed by atoms with Gasteiger partial charge >= 0.3 is 5.97 Å². The largest absolute Gasteiger partial charge is 0.479 e. The number of benzene rings is 1. The molecule has 1 atom stereocenters. The predicted molar refractivity (Wildman–Crippen MR) is 79.7 cm³/mol. The van der Waals surface area contributed by atoms with Gasteiger partial charge in [-0.25, -0.2) is 4.79 Å². The highest BCUT2D eigenvalue weighted by atomic mass is 32.2. The second kappa shape index (κ2) is 8.23. The van der Waals surface area contributed by atoms with Crippen LogP contribution in [0.5, 0.6) is 0 Å². The summed E-state index contributed by atoms with van der Waals surface area (Å²) in [5, 5.41) is 8.96. The number of carboxylic acids is 1. The third kappa shape index (κ3) is 6.12. The van der Waals surface area contributed by atoms with E-state index in [9.17, 15) is 4.79 Å². The maximum absolute atomic E-state index is 10.9. The van der Waals surface area contributed by atoms with E-state index in [2.05, 4.69) is 32.0 Å². The van der Waals surface area contributed by atoms with E-state index in [1.807, 2.05) is 6.92 Å². The number of rotatable bonds is 8. The van der Waals surface area contributed by atoms with E-state index in [1.54, 1.807) is 11.8 Å². The maximum Gasteiger partial charge on any atom is 0.332 e. The molecule has 19 heavy (non-hydrogen) atoms. The summed E-state index contributed by atoms with van der Waals surface area (Å²) in [6, 6.07) is 6.51. The van der Waals surface area contributed by atoms with Crippen molar-refractivity contribution in [1.82, 2.24) is 0 Å². The molecule has 0 aliphatic rings. The van der Waals surface area contributed by atoms with Crippen LogP contribution in [0.2, 0.25) is 0 Å². The van der Waals surface area contributed by atoms with Crippen LogP contribution in [0.25, 0.3) is 0 Å². The first-order valence-corrected chi connectivity index (χ1v) is 7.67. The highest BCUT2D eigenvalue weighted by molar-refractivity contribution is 7.98. The van der Waals surface area contributed by atoms with Gasteiger partial charge in [0.1, 0.15) is 0 Å². The SMILES string of the molecule is CCOC(CCSCc1cc(C)cc(C)c1)C(=O)O. The van der Waals surface area contributed by atoms with Gasteiger partial charge in [0.15, 0.2) is 6.10 Å². The fourth-order valence-corrected chi connectivity index (χ4v) is 2.94. The number of carbonyl (C=O) groups is 1. The Labute approximate surface area is 119 Å². The Balaban J connectivity index is 2.35. The van der Waals surface area contributed by atoms with Gasteiger partial charge in [0.05, 0.1) is 0 Å². The number of carboxylic acid groups (broad SMARTS) is 1. The molecule has 0 bridgehead atoms. The summed E-state index contributed by atoms with van der Waals surface area (Å²) in [5.41, 5.74) is 3.84. The molecule has 0 heterocycles. The smallest absolute Gasteiger partial charge is 0.332 e. The average Bonchev–Trinajstić information content (AvgIpc) is 2.31. The maximum atomic E-state index is 10.9. The molecule has 1 aromatic carbocycles. The zero-order valence-electron chi connectivity index (χ0n) is 11.8. The third-order valence-corrected chi connectivity index (χ3v) is 3.78. The first-order valence-electron chi connectivity index (χ1n) is 6.52. The molecule has 3 nitrogen and oxygen atoms in total. The number of ether oxygens (including phenoxy) is 1. The zero-order chi connectivity index (χ0) is 14.3. The molecule has 1 rings (SSSR count). The summed E-state index contributed by atoms with van der Waals surface area (Å²) in [6.45, 7) is 6.45. The fourth-order valence-electron chi connectivity index (χ4n) is 2.01. The van der Waals surface area contributed by atoms with E-state index in [1.165, 1.54) is 16.7 Å². The molecule has 0 amide bonds. The molecule has 0 aliphatic heterocycles.